The summed E-state index contributed by atoms with van der Waals surface area (Å²) >= 11 is 0. The number of aliphatic imine (C=N–C) groups is 1. The van der Waals surface area contributed by atoms with Gasteiger partial charge in [0.15, 0.2) is 11.7 Å². The van der Waals surface area contributed by atoms with Crippen molar-refractivity contribution in [2.75, 3.05) is 5.32 Å². The Kier molecular flexibility index (Phi) is 5.24. The molecule has 0 aliphatic rings. The van der Waals surface area contributed by atoms with E-state index < -0.39 is 0 Å². The first-order valence-corrected chi connectivity index (χ1v) is 9.51. The molecule has 0 fully saturated rings. The van der Waals surface area contributed by atoms with Gasteiger partial charge in [-0.2, -0.15) is 0 Å². The molecule has 7 nitrogen and oxygen atoms in total. The van der Waals surface area contributed by atoms with Gasteiger partial charge in [0.1, 0.15) is 5.75 Å². The number of benzene rings is 3. The van der Waals surface area contributed by atoms with E-state index in [1.165, 1.54) is 19.2 Å². The zero-order valence-electron chi connectivity index (χ0n) is 16.6. The summed E-state index contributed by atoms with van der Waals surface area (Å²) in [5.41, 5.74) is 3.02. The number of amides is 1. The van der Waals surface area contributed by atoms with E-state index in [0.29, 0.717) is 39.0 Å². The Labute approximate surface area is 177 Å². The van der Waals surface area contributed by atoms with Gasteiger partial charge in [0, 0.05) is 46.9 Å². The summed E-state index contributed by atoms with van der Waals surface area (Å²) in [7, 11) is 0. The summed E-state index contributed by atoms with van der Waals surface area (Å²) in [6, 6.07) is 18.2. The van der Waals surface area contributed by atoms with E-state index in [9.17, 15) is 19.8 Å². The molecule has 0 radical (unpaired) electrons. The molecule has 3 aromatic carbocycles. The lowest BCUT2D eigenvalue weighted by molar-refractivity contribution is -0.114. The van der Waals surface area contributed by atoms with Crippen molar-refractivity contribution < 1.29 is 19.8 Å². The minimum Gasteiger partial charge on any atom is -0.508 e. The molecule has 1 aromatic heterocycles. The van der Waals surface area contributed by atoms with Crippen molar-refractivity contribution in [2.24, 2.45) is 4.99 Å². The van der Waals surface area contributed by atoms with Gasteiger partial charge >= 0.3 is 0 Å². The number of rotatable bonds is 5. The number of ketones is 1. The smallest absolute Gasteiger partial charge is 0.221 e. The second kappa shape index (κ2) is 8.16. The summed E-state index contributed by atoms with van der Waals surface area (Å²) in [6.07, 6.45) is 1.50. The van der Waals surface area contributed by atoms with Crippen molar-refractivity contribution in [1.29, 1.82) is 0 Å². The molecule has 0 saturated carbocycles. The summed E-state index contributed by atoms with van der Waals surface area (Å²) in [4.78, 5) is 31.3. The fourth-order valence-corrected chi connectivity index (χ4v) is 3.30. The number of aromatic nitrogens is 1. The number of phenolic OH excluding ortho intramolecular Hbond substituents is 1. The van der Waals surface area contributed by atoms with E-state index in [0.717, 1.165) is 0 Å². The number of hydrogen-bond acceptors (Lipinski definition) is 5. The number of hydrogen-bond donors (Lipinski definition) is 4. The summed E-state index contributed by atoms with van der Waals surface area (Å²) in [5.74, 6) is -0.398. The molecule has 0 bridgehead atoms. The lowest BCUT2D eigenvalue weighted by Gasteiger charge is -2.06. The summed E-state index contributed by atoms with van der Waals surface area (Å²) < 4.78 is 0. The highest BCUT2D eigenvalue weighted by molar-refractivity contribution is 6.12. The number of carbonyl (C=O) groups is 2. The van der Waals surface area contributed by atoms with Gasteiger partial charge in [-0.3, -0.25) is 14.6 Å². The van der Waals surface area contributed by atoms with Gasteiger partial charge in [0.2, 0.25) is 5.91 Å². The summed E-state index contributed by atoms with van der Waals surface area (Å²) in [5, 5.41) is 23.2. The summed E-state index contributed by atoms with van der Waals surface area (Å²) in [6.45, 7) is 1.40. The average molecular weight is 413 g/mol. The van der Waals surface area contributed by atoms with Crippen LogP contribution in [0.5, 0.6) is 11.6 Å². The van der Waals surface area contributed by atoms with Crippen LogP contribution in [0, 0.1) is 0 Å². The Morgan fingerprint density at radius 2 is 1.74 bits per heavy atom. The van der Waals surface area contributed by atoms with Crippen molar-refractivity contribution >= 4 is 40.2 Å². The van der Waals surface area contributed by atoms with Gasteiger partial charge in [0.25, 0.3) is 0 Å². The molecule has 7 heteroatoms. The van der Waals surface area contributed by atoms with Crippen LogP contribution < -0.4 is 5.32 Å². The first-order valence-electron chi connectivity index (χ1n) is 9.51. The highest BCUT2D eigenvalue weighted by Gasteiger charge is 2.14. The Hall–Kier alpha value is -4.39. The lowest BCUT2D eigenvalue weighted by atomic mass is 10.0. The largest absolute Gasteiger partial charge is 0.508 e. The Bertz CT molecular complexity index is 1340. The molecule has 4 rings (SSSR count). The van der Waals surface area contributed by atoms with Crippen LogP contribution in [0.2, 0.25) is 0 Å². The molecular weight excluding hydrogens is 394 g/mol. The first-order chi connectivity index (χ1) is 14.9. The van der Waals surface area contributed by atoms with Gasteiger partial charge in [0.05, 0.1) is 11.3 Å². The van der Waals surface area contributed by atoms with Crippen LogP contribution in [0.3, 0.4) is 0 Å². The molecule has 154 valence electrons. The van der Waals surface area contributed by atoms with Crippen LogP contribution in [0.25, 0.3) is 10.9 Å². The zero-order chi connectivity index (χ0) is 22.0. The SMILES string of the molecule is CC(=O)Nc1cccc(C(=O)c2ccc3c(C=Nc4cccc(O)c4)c(O)[nH]c3c2)c1. The standard InChI is InChI=1S/C24H19N3O4/c1-14(28)26-18-6-2-4-15(10-18)23(30)16-8-9-20-21(24(31)27-22(20)11-16)13-25-17-5-3-7-19(29)12-17/h2-13,27,29,31H,1H3,(H,26,28). The maximum Gasteiger partial charge on any atom is 0.221 e. The van der Waals surface area contributed by atoms with E-state index in [2.05, 4.69) is 15.3 Å². The maximum absolute atomic E-state index is 12.9. The minimum atomic E-state index is -0.215. The predicted octanol–water partition coefficient (Wildman–Crippen LogP) is 4.52. The number of H-pyrrole nitrogens is 1. The van der Waals surface area contributed by atoms with E-state index in [1.807, 2.05) is 0 Å². The average Bonchev–Trinajstić information content (AvgIpc) is 3.05. The molecule has 1 heterocycles. The Morgan fingerprint density at radius 3 is 2.52 bits per heavy atom. The highest BCUT2D eigenvalue weighted by Crippen LogP contribution is 2.28. The maximum atomic E-state index is 12.9. The quantitative estimate of drug-likeness (QED) is 0.284. The number of phenols is 1. The fourth-order valence-electron chi connectivity index (χ4n) is 3.30. The third-order valence-electron chi connectivity index (χ3n) is 4.70. The molecule has 0 saturated heterocycles. The lowest BCUT2D eigenvalue weighted by Crippen LogP contribution is -2.07. The van der Waals surface area contributed by atoms with Crippen LogP contribution in [0.4, 0.5) is 11.4 Å². The Balaban J connectivity index is 1.65. The number of anilines is 1. The second-order valence-corrected chi connectivity index (χ2v) is 7.02. The van der Waals surface area contributed by atoms with Crippen LogP contribution in [-0.2, 0) is 4.79 Å². The fraction of sp³-hybridized carbons (Fsp3) is 0.0417. The number of aromatic hydroxyl groups is 2. The number of nitrogens with one attached hydrogen (secondary N) is 2. The molecule has 0 aliphatic carbocycles. The van der Waals surface area contributed by atoms with Crippen molar-refractivity contribution in [3.8, 4) is 11.6 Å². The second-order valence-electron chi connectivity index (χ2n) is 7.02. The van der Waals surface area contributed by atoms with Gasteiger partial charge < -0.3 is 20.5 Å². The van der Waals surface area contributed by atoms with E-state index in [-0.39, 0.29) is 23.3 Å². The van der Waals surface area contributed by atoms with Crippen LogP contribution in [0.1, 0.15) is 28.4 Å². The highest BCUT2D eigenvalue weighted by atomic mass is 16.3. The van der Waals surface area contributed by atoms with Crippen molar-refractivity contribution in [3.05, 3.63) is 83.4 Å². The molecular formula is C24H19N3O4. The van der Waals surface area contributed by atoms with Gasteiger partial charge in [-0.15, -0.1) is 0 Å². The van der Waals surface area contributed by atoms with Crippen LogP contribution >= 0.6 is 0 Å². The monoisotopic (exact) mass is 413 g/mol. The zero-order valence-corrected chi connectivity index (χ0v) is 16.6. The predicted molar refractivity (Wildman–Crippen MR) is 120 cm³/mol. The molecule has 0 spiro atoms. The minimum absolute atomic E-state index is 0.0730. The Morgan fingerprint density at radius 1 is 0.968 bits per heavy atom. The third kappa shape index (κ3) is 4.30. The molecule has 4 aromatic rings. The van der Waals surface area contributed by atoms with E-state index in [1.54, 1.807) is 60.7 Å². The van der Waals surface area contributed by atoms with Gasteiger partial charge in [-0.25, -0.2) is 0 Å². The number of carbonyl (C=O) groups excluding carboxylic acids is 2. The molecule has 4 N–H and O–H groups in total. The molecule has 31 heavy (non-hydrogen) atoms. The number of aromatic amines is 1. The molecule has 0 unspecified atom stereocenters. The molecule has 0 atom stereocenters. The third-order valence-corrected chi connectivity index (χ3v) is 4.70. The van der Waals surface area contributed by atoms with Crippen molar-refractivity contribution in [1.82, 2.24) is 4.98 Å². The normalized spacial score (nSPS) is 11.1. The van der Waals surface area contributed by atoms with Crippen molar-refractivity contribution in [3.63, 3.8) is 0 Å². The van der Waals surface area contributed by atoms with Gasteiger partial charge in [-0.1, -0.05) is 30.3 Å². The first kappa shape index (κ1) is 19.9. The number of fused-ring (bicyclic) bond motifs is 1. The van der Waals surface area contributed by atoms with E-state index >= 15 is 0 Å². The van der Waals surface area contributed by atoms with Crippen molar-refractivity contribution in [2.45, 2.75) is 6.92 Å². The van der Waals surface area contributed by atoms with Gasteiger partial charge in [-0.05, 0) is 30.3 Å². The molecule has 0 aliphatic heterocycles. The molecule has 1 amide bonds. The van der Waals surface area contributed by atoms with Crippen LogP contribution in [0.15, 0.2) is 71.7 Å². The topological polar surface area (TPSA) is 115 Å². The van der Waals surface area contributed by atoms with E-state index in [4.69, 9.17) is 0 Å². The van der Waals surface area contributed by atoms with Crippen LogP contribution in [-0.4, -0.2) is 33.1 Å². The number of nitrogens with zero attached hydrogens (tertiary/aromatic N) is 1.